The molecule has 0 N–H and O–H groups in total. The van der Waals surface area contributed by atoms with E-state index in [1.165, 1.54) is 27.6 Å². The topological polar surface area (TPSA) is 29.5 Å². The smallest absolute Gasteiger partial charge is 0.143 e. The fraction of sp³-hybridized carbons (Fsp3) is 0.0545. The van der Waals surface area contributed by atoms with Crippen LogP contribution in [0.3, 0.4) is 0 Å². The Labute approximate surface area is 336 Å². The van der Waals surface area contributed by atoms with Crippen molar-refractivity contribution in [2.24, 2.45) is 0 Å². The Bertz CT molecular complexity index is 3440. The SMILES string of the molecule is CC1(C)c2ccccc2-c2cccc(N(c3ccc(-c4cccc5oc6ccccc6c45)cc3)c3ccccc3-c3cccc4oc5c6ccccc6ccc5c34)c21. The number of nitrogens with zero attached hydrogens (tertiary/aromatic N) is 1. The average molecular weight is 744 g/mol. The Hall–Kier alpha value is -7.36. The molecule has 2 aromatic heterocycles. The minimum absolute atomic E-state index is 0.227. The molecular formula is C55H37NO2. The number of hydrogen-bond acceptors (Lipinski definition) is 3. The molecule has 2 heterocycles. The van der Waals surface area contributed by atoms with Crippen molar-refractivity contribution in [1.82, 2.24) is 0 Å². The van der Waals surface area contributed by atoms with Crippen molar-refractivity contribution in [2.45, 2.75) is 19.3 Å². The lowest BCUT2D eigenvalue weighted by Crippen LogP contribution is -2.21. The zero-order chi connectivity index (χ0) is 38.5. The lowest BCUT2D eigenvalue weighted by molar-refractivity contribution is 0.661. The summed E-state index contributed by atoms with van der Waals surface area (Å²) in [5, 5.41) is 6.80. The quantitative estimate of drug-likeness (QED) is 0.176. The number of furan rings is 2. The number of hydrogen-bond donors (Lipinski definition) is 0. The molecule has 0 unspecified atom stereocenters. The fourth-order valence-electron chi connectivity index (χ4n) is 9.89. The van der Waals surface area contributed by atoms with Crippen molar-refractivity contribution < 1.29 is 8.83 Å². The first-order chi connectivity index (χ1) is 28.5. The van der Waals surface area contributed by atoms with Gasteiger partial charge >= 0.3 is 0 Å². The molecule has 3 heteroatoms. The van der Waals surface area contributed by atoms with Crippen molar-refractivity contribution in [3.05, 3.63) is 199 Å². The van der Waals surface area contributed by atoms with Crippen LogP contribution in [0.15, 0.2) is 197 Å². The molecule has 274 valence electrons. The van der Waals surface area contributed by atoms with Gasteiger partial charge in [-0.1, -0.05) is 153 Å². The van der Waals surface area contributed by atoms with E-state index >= 15 is 0 Å². The van der Waals surface area contributed by atoms with Gasteiger partial charge < -0.3 is 13.7 Å². The standard InChI is InChI=1S/C55H37NO2/c1-55(2)45-22-8-5-16-39(45)42-21-11-24-47(53(42)55)56(36-31-28-35(29-32-36)37-19-12-26-49-51(37)43-18-7-10-25-48(43)57-49)46-23-9-6-17-40(46)41-20-13-27-50-52(41)44-33-30-34-14-3-4-15-38(34)54(44)58-50/h3-33H,1-2H3. The van der Waals surface area contributed by atoms with Crippen LogP contribution in [0.2, 0.25) is 0 Å². The van der Waals surface area contributed by atoms with Crippen LogP contribution in [-0.2, 0) is 5.41 Å². The Kier molecular flexibility index (Phi) is 6.98. The largest absolute Gasteiger partial charge is 0.456 e. The summed E-state index contributed by atoms with van der Waals surface area (Å²) in [5.41, 5.74) is 16.5. The van der Waals surface area contributed by atoms with Crippen LogP contribution in [-0.4, -0.2) is 0 Å². The molecule has 1 aliphatic carbocycles. The molecule has 0 aliphatic heterocycles. The predicted molar refractivity (Wildman–Crippen MR) is 242 cm³/mol. The minimum atomic E-state index is -0.227. The highest BCUT2D eigenvalue weighted by Gasteiger charge is 2.39. The number of anilines is 3. The lowest BCUT2D eigenvalue weighted by atomic mass is 9.81. The van der Waals surface area contributed by atoms with E-state index in [1.807, 2.05) is 12.1 Å². The summed E-state index contributed by atoms with van der Waals surface area (Å²) in [6.07, 6.45) is 0. The maximum absolute atomic E-state index is 6.71. The molecule has 1 aliphatic rings. The second-order valence-electron chi connectivity index (χ2n) is 16.0. The van der Waals surface area contributed by atoms with Gasteiger partial charge in [0.25, 0.3) is 0 Å². The zero-order valence-electron chi connectivity index (χ0n) is 32.2. The van der Waals surface area contributed by atoms with Crippen LogP contribution in [0.4, 0.5) is 17.1 Å². The van der Waals surface area contributed by atoms with Gasteiger partial charge in [0.1, 0.15) is 22.3 Å². The maximum atomic E-state index is 6.71. The van der Waals surface area contributed by atoms with Gasteiger partial charge in [0.2, 0.25) is 0 Å². The first-order valence-corrected chi connectivity index (χ1v) is 20.0. The molecule has 0 spiro atoms. The van der Waals surface area contributed by atoms with E-state index in [-0.39, 0.29) is 5.41 Å². The number of para-hydroxylation sites is 2. The van der Waals surface area contributed by atoms with E-state index in [0.717, 1.165) is 88.6 Å². The Balaban J connectivity index is 1.10. The molecule has 0 radical (unpaired) electrons. The lowest BCUT2D eigenvalue weighted by Gasteiger charge is -2.33. The Morgan fingerprint density at radius 1 is 0.397 bits per heavy atom. The number of benzene rings is 9. The summed E-state index contributed by atoms with van der Waals surface area (Å²) in [6, 6.07) is 67.7. The summed E-state index contributed by atoms with van der Waals surface area (Å²) >= 11 is 0. The highest BCUT2D eigenvalue weighted by Crippen LogP contribution is 2.55. The summed E-state index contributed by atoms with van der Waals surface area (Å²) in [7, 11) is 0. The highest BCUT2D eigenvalue weighted by molar-refractivity contribution is 6.20. The normalized spacial score (nSPS) is 13.1. The predicted octanol–water partition coefficient (Wildman–Crippen LogP) is 15.7. The maximum Gasteiger partial charge on any atom is 0.143 e. The molecule has 0 saturated carbocycles. The molecule has 12 rings (SSSR count). The summed E-state index contributed by atoms with van der Waals surface area (Å²) in [6.45, 7) is 4.74. The first kappa shape index (κ1) is 32.8. The van der Waals surface area contributed by atoms with E-state index in [1.54, 1.807) is 0 Å². The molecule has 0 saturated heterocycles. The number of fused-ring (bicyclic) bond motifs is 11. The fourth-order valence-corrected chi connectivity index (χ4v) is 9.89. The van der Waals surface area contributed by atoms with Crippen molar-refractivity contribution in [3.63, 3.8) is 0 Å². The third kappa shape index (κ3) is 4.68. The molecule has 0 atom stereocenters. The second kappa shape index (κ2) is 12.3. The van der Waals surface area contributed by atoms with Crippen LogP contribution in [0.25, 0.3) is 88.0 Å². The van der Waals surface area contributed by atoms with Crippen LogP contribution in [0.1, 0.15) is 25.0 Å². The van der Waals surface area contributed by atoms with E-state index < -0.39 is 0 Å². The summed E-state index contributed by atoms with van der Waals surface area (Å²) < 4.78 is 13.0. The van der Waals surface area contributed by atoms with E-state index in [0.29, 0.717) is 0 Å². The van der Waals surface area contributed by atoms with Crippen molar-refractivity contribution in [2.75, 3.05) is 4.90 Å². The van der Waals surface area contributed by atoms with Crippen molar-refractivity contribution >= 4 is 71.7 Å². The van der Waals surface area contributed by atoms with E-state index in [4.69, 9.17) is 8.83 Å². The molecular weight excluding hydrogens is 707 g/mol. The summed E-state index contributed by atoms with van der Waals surface area (Å²) in [5.74, 6) is 0. The van der Waals surface area contributed by atoms with Gasteiger partial charge in [-0.2, -0.15) is 0 Å². The monoisotopic (exact) mass is 743 g/mol. The van der Waals surface area contributed by atoms with E-state index in [2.05, 4.69) is 195 Å². The van der Waals surface area contributed by atoms with Gasteiger partial charge in [0.05, 0.1) is 11.4 Å². The van der Waals surface area contributed by atoms with Crippen LogP contribution in [0, 0.1) is 0 Å². The molecule has 58 heavy (non-hydrogen) atoms. The van der Waals surface area contributed by atoms with Gasteiger partial charge in [-0.3, -0.25) is 0 Å². The average Bonchev–Trinajstić information content (AvgIpc) is 3.93. The molecule has 0 fully saturated rings. The van der Waals surface area contributed by atoms with Gasteiger partial charge in [0.15, 0.2) is 0 Å². The van der Waals surface area contributed by atoms with Crippen LogP contribution < -0.4 is 4.90 Å². The molecule has 0 bridgehead atoms. The van der Waals surface area contributed by atoms with Gasteiger partial charge in [-0.25, -0.2) is 0 Å². The molecule has 0 amide bonds. The molecule has 9 aromatic carbocycles. The first-order valence-electron chi connectivity index (χ1n) is 20.0. The van der Waals surface area contributed by atoms with Crippen molar-refractivity contribution in [1.29, 1.82) is 0 Å². The van der Waals surface area contributed by atoms with Gasteiger partial charge in [-0.05, 0) is 92.9 Å². The van der Waals surface area contributed by atoms with Crippen molar-refractivity contribution in [3.8, 4) is 33.4 Å². The second-order valence-corrected chi connectivity index (χ2v) is 16.0. The van der Waals surface area contributed by atoms with Gasteiger partial charge in [-0.15, -0.1) is 0 Å². The molecule has 3 nitrogen and oxygen atoms in total. The van der Waals surface area contributed by atoms with Crippen LogP contribution in [0.5, 0.6) is 0 Å². The third-order valence-corrected chi connectivity index (χ3v) is 12.5. The Morgan fingerprint density at radius 2 is 1.00 bits per heavy atom. The summed E-state index contributed by atoms with van der Waals surface area (Å²) in [4.78, 5) is 2.48. The minimum Gasteiger partial charge on any atom is -0.456 e. The third-order valence-electron chi connectivity index (χ3n) is 12.5. The van der Waals surface area contributed by atoms with Gasteiger partial charge in [0, 0.05) is 43.6 Å². The Morgan fingerprint density at radius 3 is 1.86 bits per heavy atom. The highest BCUT2D eigenvalue weighted by atomic mass is 16.3. The van der Waals surface area contributed by atoms with Crippen LogP contribution >= 0.6 is 0 Å². The van der Waals surface area contributed by atoms with E-state index in [9.17, 15) is 0 Å². The molecule has 11 aromatic rings. The zero-order valence-corrected chi connectivity index (χ0v) is 32.2. The number of rotatable bonds is 5.